The zero-order valence-electron chi connectivity index (χ0n) is 34.4. The summed E-state index contributed by atoms with van der Waals surface area (Å²) < 4.78 is 9.04. The number of para-hydroxylation sites is 2. The van der Waals surface area contributed by atoms with E-state index >= 15 is 0 Å². The Kier molecular flexibility index (Phi) is 11.6. The monoisotopic (exact) mass is 768 g/mol. The Morgan fingerprint density at radius 2 is 0.542 bits per heavy atom. The summed E-state index contributed by atoms with van der Waals surface area (Å²) in [6.45, 7) is 0. The molecule has 0 aliphatic heterocycles. The van der Waals surface area contributed by atoms with Crippen LogP contribution in [0.4, 0.5) is 11.4 Å². The lowest BCUT2D eigenvalue weighted by Crippen LogP contribution is -2.50. The molecule has 0 bridgehead atoms. The summed E-state index contributed by atoms with van der Waals surface area (Å²) in [5.74, 6) is -0.648. The van der Waals surface area contributed by atoms with Crippen LogP contribution in [0.25, 0.3) is 0 Å². The van der Waals surface area contributed by atoms with Crippen molar-refractivity contribution in [2.75, 3.05) is 38.0 Å². The topological polar surface area (TPSA) is 15.7 Å². The molecule has 2 unspecified atom stereocenters. The number of anilines is 2. The number of hydrogen-bond acceptors (Lipinski definition) is 3. The smallest absolute Gasteiger partial charge is 0.133 e. The first kappa shape index (κ1) is 39.2. The second-order valence-corrected chi connectivity index (χ2v) is 15.6. The predicted octanol–water partition coefficient (Wildman–Crippen LogP) is 12.7. The lowest BCUT2D eigenvalue weighted by atomic mass is 9.65. The van der Waals surface area contributed by atoms with E-state index in [9.17, 15) is 0 Å². The number of hydrogen-bond donors (Lipinski definition) is 0. The van der Waals surface area contributed by atoms with E-state index in [1.165, 1.54) is 0 Å². The molecule has 0 radical (unpaired) electrons. The highest BCUT2D eigenvalue weighted by molar-refractivity contribution is 5.65. The average molecular weight is 769 g/mol. The third-order valence-electron chi connectivity index (χ3n) is 11.6. The Balaban J connectivity index is 1.65. The van der Waals surface area contributed by atoms with Crippen molar-refractivity contribution in [2.24, 2.45) is 0 Å². The molecule has 59 heavy (non-hydrogen) atoms. The van der Waals surface area contributed by atoms with Crippen LogP contribution in [-0.2, 0) is 15.9 Å². The molecule has 0 saturated carbocycles. The van der Waals surface area contributed by atoms with Crippen molar-refractivity contribution in [1.82, 2.24) is 0 Å². The number of rotatable bonds is 14. The van der Waals surface area contributed by atoms with Crippen molar-refractivity contribution < 1.29 is 4.74 Å². The molecule has 0 fully saturated rings. The SMILES string of the molecule is CN(C)c1ccccc1C(OC(c1ccccc1)(c1ccccc1N(C)C)C(c1ccccc1)c1ccccc1)(c1ccccc1)C(c1ccccc1)c1ccccc1. The molecule has 292 valence electrons. The van der Waals surface area contributed by atoms with E-state index < -0.39 is 11.2 Å². The van der Waals surface area contributed by atoms with Gasteiger partial charge in [-0.25, -0.2) is 0 Å². The fourth-order valence-corrected chi connectivity index (χ4v) is 9.19. The minimum atomic E-state index is -1.16. The van der Waals surface area contributed by atoms with Gasteiger partial charge in [0.25, 0.3) is 0 Å². The summed E-state index contributed by atoms with van der Waals surface area (Å²) in [6, 6.07) is 83.3. The normalized spacial score (nSPS) is 13.4. The maximum Gasteiger partial charge on any atom is 0.133 e. The first-order chi connectivity index (χ1) is 28.9. The van der Waals surface area contributed by atoms with Crippen molar-refractivity contribution >= 4 is 11.4 Å². The lowest BCUT2D eigenvalue weighted by Gasteiger charge is -2.53. The molecule has 0 spiro atoms. The minimum Gasteiger partial charge on any atom is -0.377 e. The molecule has 0 heterocycles. The predicted molar refractivity (Wildman–Crippen MR) is 247 cm³/mol. The van der Waals surface area contributed by atoms with Crippen LogP contribution in [0.15, 0.2) is 231 Å². The van der Waals surface area contributed by atoms with Crippen molar-refractivity contribution in [3.05, 3.63) is 275 Å². The van der Waals surface area contributed by atoms with Gasteiger partial charge < -0.3 is 14.5 Å². The molecule has 3 heteroatoms. The summed E-state index contributed by atoms with van der Waals surface area (Å²) in [6.07, 6.45) is 0. The second kappa shape index (κ2) is 17.4. The van der Waals surface area contributed by atoms with E-state index in [2.05, 4.69) is 269 Å². The van der Waals surface area contributed by atoms with Crippen LogP contribution in [0.3, 0.4) is 0 Å². The van der Waals surface area contributed by atoms with E-state index in [0.717, 1.165) is 55.9 Å². The van der Waals surface area contributed by atoms with Gasteiger partial charge in [-0.2, -0.15) is 0 Å². The molecule has 8 aromatic carbocycles. The van der Waals surface area contributed by atoms with Gasteiger partial charge in [-0.3, -0.25) is 0 Å². The Bertz CT molecular complexity index is 2270. The van der Waals surface area contributed by atoms with Crippen LogP contribution in [0.2, 0.25) is 0 Å². The molecule has 8 rings (SSSR count). The largest absolute Gasteiger partial charge is 0.377 e. The van der Waals surface area contributed by atoms with Crippen molar-refractivity contribution in [3.63, 3.8) is 0 Å². The highest BCUT2D eigenvalue weighted by Gasteiger charge is 2.57. The molecule has 8 aromatic rings. The molecule has 0 aromatic heterocycles. The van der Waals surface area contributed by atoms with Gasteiger partial charge in [0.15, 0.2) is 0 Å². The van der Waals surface area contributed by atoms with Crippen molar-refractivity contribution in [3.8, 4) is 0 Å². The molecule has 0 N–H and O–H groups in total. The third kappa shape index (κ3) is 7.46. The maximum absolute atomic E-state index is 9.04. The summed E-state index contributed by atoms with van der Waals surface area (Å²) in [5, 5.41) is 0. The van der Waals surface area contributed by atoms with Crippen LogP contribution in [0.1, 0.15) is 56.3 Å². The van der Waals surface area contributed by atoms with Gasteiger partial charge in [-0.05, 0) is 45.5 Å². The molecule has 0 aliphatic carbocycles. The number of nitrogens with zero attached hydrogens (tertiary/aromatic N) is 2. The van der Waals surface area contributed by atoms with Crippen LogP contribution in [0.5, 0.6) is 0 Å². The fraction of sp³-hybridized carbons (Fsp3) is 0.143. The Morgan fingerprint density at radius 1 is 0.305 bits per heavy atom. The van der Waals surface area contributed by atoms with Gasteiger partial charge in [-0.15, -0.1) is 0 Å². The van der Waals surface area contributed by atoms with Gasteiger partial charge in [0.1, 0.15) is 11.2 Å². The van der Waals surface area contributed by atoms with E-state index in [-0.39, 0.29) is 11.8 Å². The molecule has 0 aliphatic rings. The van der Waals surface area contributed by atoms with Crippen LogP contribution in [0, 0.1) is 0 Å². The van der Waals surface area contributed by atoms with E-state index in [1.54, 1.807) is 0 Å². The van der Waals surface area contributed by atoms with Gasteiger partial charge in [0, 0.05) is 62.5 Å². The highest BCUT2D eigenvalue weighted by atomic mass is 16.5. The van der Waals surface area contributed by atoms with Gasteiger partial charge in [-0.1, -0.05) is 218 Å². The first-order valence-corrected chi connectivity index (χ1v) is 20.5. The van der Waals surface area contributed by atoms with Crippen LogP contribution < -0.4 is 9.80 Å². The van der Waals surface area contributed by atoms with Gasteiger partial charge >= 0.3 is 0 Å². The zero-order chi connectivity index (χ0) is 40.7. The molecule has 0 saturated heterocycles. The molecular weight excluding hydrogens is 717 g/mol. The van der Waals surface area contributed by atoms with Crippen molar-refractivity contribution in [1.29, 1.82) is 0 Å². The average Bonchev–Trinajstić information content (AvgIpc) is 3.30. The van der Waals surface area contributed by atoms with Gasteiger partial charge in [0.2, 0.25) is 0 Å². The number of benzene rings is 8. The Hall–Kier alpha value is -6.68. The summed E-state index contributed by atoms with van der Waals surface area (Å²) in [5.41, 5.74) is 8.65. The summed E-state index contributed by atoms with van der Waals surface area (Å²) in [7, 11) is 8.54. The molecular formula is C56H52N2O. The third-order valence-corrected chi connectivity index (χ3v) is 11.6. The Labute approximate surface area is 350 Å². The molecule has 2 atom stereocenters. The standard InChI is InChI=1S/C56H52N2O/c1-57(2)51-41-25-23-39-49(51)55(47-35-19-9-20-36-47,53(43-27-11-5-12-28-43)44-29-13-6-14-30-44)59-56(48-37-21-10-22-38-48,50-40-24-26-42-52(50)58(3)4)54(45-31-15-7-16-32-45)46-33-17-8-18-34-46/h5-42,53-54H,1-4H3. The second-order valence-electron chi connectivity index (χ2n) is 15.6. The fourth-order valence-electron chi connectivity index (χ4n) is 9.19. The Morgan fingerprint density at radius 3 is 0.814 bits per heavy atom. The van der Waals surface area contributed by atoms with E-state index in [4.69, 9.17) is 4.74 Å². The van der Waals surface area contributed by atoms with Gasteiger partial charge in [0.05, 0.1) is 0 Å². The quantitative estimate of drug-likeness (QED) is 0.110. The number of ether oxygens (including phenoxy) is 1. The zero-order valence-corrected chi connectivity index (χ0v) is 34.4. The van der Waals surface area contributed by atoms with E-state index in [0.29, 0.717) is 0 Å². The molecule has 3 nitrogen and oxygen atoms in total. The lowest BCUT2D eigenvalue weighted by molar-refractivity contribution is -0.141. The van der Waals surface area contributed by atoms with Crippen LogP contribution in [-0.4, -0.2) is 28.2 Å². The summed E-state index contributed by atoms with van der Waals surface area (Å²) >= 11 is 0. The highest BCUT2D eigenvalue weighted by Crippen LogP contribution is 2.60. The van der Waals surface area contributed by atoms with E-state index in [1.807, 2.05) is 0 Å². The summed E-state index contributed by atoms with van der Waals surface area (Å²) in [4.78, 5) is 4.46. The maximum atomic E-state index is 9.04. The van der Waals surface area contributed by atoms with Crippen LogP contribution >= 0.6 is 0 Å². The van der Waals surface area contributed by atoms with Crippen molar-refractivity contribution in [2.45, 2.75) is 23.0 Å². The first-order valence-electron chi connectivity index (χ1n) is 20.5. The molecule has 0 amide bonds. The minimum absolute atomic E-state index is 0.324.